The van der Waals surface area contributed by atoms with E-state index in [0.717, 1.165) is 234 Å². The van der Waals surface area contributed by atoms with Gasteiger partial charge in [-0.15, -0.1) is 0 Å². The molecule has 0 fully saturated rings. The van der Waals surface area contributed by atoms with Gasteiger partial charge >= 0.3 is 0 Å². The van der Waals surface area contributed by atoms with Crippen LogP contribution in [-0.2, 0) is 0 Å². The number of rotatable bonds is 16. The Balaban J connectivity index is 0.000000121. The van der Waals surface area contributed by atoms with Gasteiger partial charge in [0.05, 0.1) is 78.7 Å². The van der Waals surface area contributed by atoms with Crippen molar-refractivity contribution >= 4 is 65.4 Å². The lowest BCUT2D eigenvalue weighted by Gasteiger charge is -2.15. The van der Waals surface area contributed by atoms with Crippen LogP contribution in [0, 0.1) is 13.8 Å². The predicted octanol–water partition coefficient (Wildman–Crippen LogP) is 31.5. The number of nitrogens with zero attached hydrogens (tertiary/aromatic N) is 11. The van der Waals surface area contributed by atoms with Crippen LogP contribution < -0.4 is 0 Å². The molecule has 0 aliphatic heterocycles. The molecule has 0 spiro atoms. The van der Waals surface area contributed by atoms with Crippen LogP contribution in [0.25, 0.3) is 223 Å². The largest absolute Gasteiger partial charge is 0.251 e. The molecule has 0 radical (unpaired) electrons. The number of hydrogen-bond donors (Lipinski definition) is 0. The Kier molecular flexibility index (Phi) is 23.2. The van der Waals surface area contributed by atoms with Crippen molar-refractivity contribution in [3.63, 3.8) is 0 Å². The van der Waals surface area contributed by atoms with Gasteiger partial charge in [0.2, 0.25) is 0 Å². The molecule has 0 N–H and O–H groups in total. The Morgan fingerprint density at radius 3 is 0.888 bits per heavy atom. The van der Waals surface area contributed by atoms with E-state index in [1.165, 1.54) is 0 Å². The van der Waals surface area contributed by atoms with Gasteiger partial charge in [-0.1, -0.05) is 380 Å². The lowest BCUT2D eigenvalue weighted by atomic mass is 9.94. The Morgan fingerprint density at radius 2 is 0.448 bits per heavy atom. The average molecular weight is 1720 g/mol. The van der Waals surface area contributed by atoms with Gasteiger partial charge < -0.3 is 0 Å². The number of hydrogen-bond acceptors (Lipinski definition) is 11. The van der Waals surface area contributed by atoms with Crippen molar-refractivity contribution < 1.29 is 0 Å². The predicted molar refractivity (Wildman–Crippen MR) is 554 cm³/mol. The first kappa shape index (κ1) is 83.7. The van der Waals surface area contributed by atoms with Crippen LogP contribution in [0.5, 0.6) is 0 Å². The maximum Gasteiger partial charge on any atom is 0.160 e. The molecule has 23 rings (SSSR count). The molecule has 9 aromatic heterocycles. The summed E-state index contributed by atoms with van der Waals surface area (Å²) in [6.45, 7) is 12.8. The van der Waals surface area contributed by atoms with Crippen molar-refractivity contribution in [3.05, 3.63) is 453 Å². The summed E-state index contributed by atoms with van der Waals surface area (Å²) in [7, 11) is 0. The minimum Gasteiger partial charge on any atom is -0.251 e. The van der Waals surface area contributed by atoms with Crippen molar-refractivity contribution in [1.82, 2.24) is 54.8 Å². The molecule has 9 heterocycles. The van der Waals surface area contributed by atoms with E-state index in [-0.39, 0.29) is 5.92 Å². The maximum atomic E-state index is 5.29. The zero-order valence-corrected chi connectivity index (χ0v) is 75.1. The number of fused-ring (bicyclic) bond motifs is 9. The van der Waals surface area contributed by atoms with E-state index in [0.29, 0.717) is 17.6 Å². The summed E-state index contributed by atoms with van der Waals surface area (Å²) in [5.74, 6) is 2.03. The highest BCUT2D eigenvalue weighted by atomic mass is 14.9. The fourth-order valence-corrected chi connectivity index (χ4v) is 17.6. The van der Waals surface area contributed by atoms with E-state index in [1.807, 2.05) is 123 Å². The van der Waals surface area contributed by atoms with Gasteiger partial charge in [-0.3, -0.25) is 19.9 Å². The molecule has 14 aromatic carbocycles. The first-order valence-electron chi connectivity index (χ1n) is 45.6. The third-order valence-electron chi connectivity index (χ3n) is 24.6. The van der Waals surface area contributed by atoms with E-state index in [2.05, 4.69) is 349 Å². The number of aromatic nitrogens is 11. The fraction of sp³-hybridized carbons (Fsp3) is 0.0650. The Morgan fingerprint density at radius 1 is 0.157 bits per heavy atom. The zero-order valence-electron chi connectivity index (χ0n) is 75.1. The van der Waals surface area contributed by atoms with Crippen molar-refractivity contribution in [2.75, 3.05) is 0 Å². The summed E-state index contributed by atoms with van der Waals surface area (Å²) in [6.07, 6.45) is 0. The van der Waals surface area contributed by atoms with Gasteiger partial charge in [-0.25, -0.2) is 34.9 Å². The Labute approximate surface area is 779 Å². The van der Waals surface area contributed by atoms with Crippen LogP contribution in [0.1, 0.15) is 62.3 Å². The Bertz CT molecular complexity index is 8120. The standard InChI is InChI=1S/C47H31N3.C40H34N4.C36H26N4/c1-5-14-32(15-6-1)39-29-43(34-18-9-3-10-19-34)48-44(30-39)38-23-13-22-37(28-38)41-31-45(35-20-11-4-12-21-35)50-47-40(41)26-24-36-25-27-42(49-46(36)47)33-16-7-2-8-17-33;1-25(2)34-21-19-28-18-20-32-33(23-35(26(3)4)42-39(32)38(28)41-34)30-16-11-17-31(22-30)37-24-36(27-12-7-5-8-13-27)43-40(44-37)29-14-9-6-10-15-29;1-23-16-17-26-18-19-30-31(20-24(2)38-35(30)34(26)37-23)28-14-9-15-29(21-28)33-22-32(25-10-5-3-6-11-25)39-36(40-33)27-12-7-4-8-13-27/h1-31H;5-26H,1-4H3;3-22H,1-2H3. The molecule has 638 valence electrons. The summed E-state index contributed by atoms with van der Waals surface area (Å²) in [4.78, 5) is 55.8. The summed E-state index contributed by atoms with van der Waals surface area (Å²) in [5, 5.41) is 6.51. The number of aryl methyl sites for hydroxylation is 2. The highest BCUT2D eigenvalue weighted by Crippen LogP contribution is 2.43. The van der Waals surface area contributed by atoms with E-state index >= 15 is 0 Å². The van der Waals surface area contributed by atoms with Crippen LogP contribution in [0.2, 0.25) is 0 Å². The minimum atomic E-state index is 0.272. The molecule has 11 nitrogen and oxygen atoms in total. The van der Waals surface area contributed by atoms with Crippen LogP contribution in [0.4, 0.5) is 0 Å². The van der Waals surface area contributed by atoms with Gasteiger partial charge in [-0.05, 0) is 149 Å². The highest BCUT2D eigenvalue weighted by Gasteiger charge is 2.22. The number of benzene rings is 14. The highest BCUT2D eigenvalue weighted by molar-refractivity contribution is 6.12. The van der Waals surface area contributed by atoms with Gasteiger partial charge in [0, 0.05) is 111 Å². The molecule has 0 saturated heterocycles. The lowest BCUT2D eigenvalue weighted by Crippen LogP contribution is -1.99. The lowest BCUT2D eigenvalue weighted by molar-refractivity contribution is 0.826. The molecule has 134 heavy (non-hydrogen) atoms. The van der Waals surface area contributed by atoms with Crippen LogP contribution in [-0.4, -0.2) is 54.8 Å². The van der Waals surface area contributed by atoms with Crippen LogP contribution in [0.15, 0.2) is 431 Å². The second-order valence-electron chi connectivity index (χ2n) is 34.5. The third-order valence-corrected chi connectivity index (χ3v) is 24.6. The fourth-order valence-electron chi connectivity index (χ4n) is 17.6. The van der Waals surface area contributed by atoms with E-state index in [9.17, 15) is 0 Å². The van der Waals surface area contributed by atoms with Gasteiger partial charge in [0.25, 0.3) is 0 Å². The van der Waals surface area contributed by atoms with Gasteiger partial charge in [0.1, 0.15) is 0 Å². The summed E-state index contributed by atoms with van der Waals surface area (Å²) in [5.41, 5.74) is 36.4. The molecular formula is C123H91N11. The molecule has 0 unspecified atom stereocenters. The second kappa shape index (κ2) is 37.1. The molecular weight excluding hydrogens is 1630 g/mol. The minimum absolute atomic E-state index is 0.272. The summed E-state index contributed by atoms with van der Waals surface area (Å²) < 4.78 is 0. The third kappa shape index (κ3) is 17.6. The monoisotopic (exact) mass is 1720 g/mol. The van der Waals surface area contributed by atoms with Crippen molar-refractivity contribution in [2.45, 2.75) is 53.4 Å². The normalized spacial score (nSPS) is 11.3. The summed E-state index contributed by atoms with van der Waals surface area (Å²) in [6, 6.07) is 149. The quantitative estimate of drug-likeness (QED) is 0.0853. The molecule has 0 atom stereocenters. The summed E-state index contributed by atoms with van der Waals surface area (Å²) >= 11 is 0. The zero-order chi connectivity index (χ0) is 90.5. The smallest absolute Gasteiger partial charge is 0.160 e. The van der Waals surface area contributed by atoms with Crippen LogP contribution in [0.3, 0.4) is 0 Å². The maximum absolute atomic E-state index is 5.29. The Hall–Kier alpha value is -17.2. The van der Waals surface area contributed by atoms with E-state index < -0.39 is 0 Å². The molecule has 0 aliphatic carbocycles. The van der Waals surface area contributed by atoms with Gasteiger partial charge in [0.15, 0.2) is 11.6 Å². The van der Waals surface area contributed by atoms with Crippen molar-refractivity contribution in [2.24, 2.45) is 0 Å². The van der Waals surface area contributed by atoms with Gasteiger partial charge in [-0.2, -0.15) is 0 Å². The SMILES string of the molecule is CC(C)c1ccc2ccc3c(-c4cccc(-c5cc(-c6ccccc6)nc(-c6ccccc6)n5)c4)cc(C(C)C)nc3c2n1.Cc1ccc2ccc3c(-c4cccc(-c5cc(-c6ccccc6)nc(-c6ccccc6)n5)c4)cc(C)nc3c2n1.c1ccc(-c2cc(-c3ccccc3)nc(-c3cccc(-c4cc(-c5ccccc5)nc5c4ccc4ccc(-c6ccccc6)nc45)c3)c2)cc1. The average Bonchev–Trinajstić information content (AvgIpc) is 0.749. The molecule has 0 saturated carbocycles. The topological polar surface area (TPSA) is 142 Å². The molecule has 0 bridgehead atoms. The molecule has 11 heteroatoms. The number of pyridine rings is 7. The van der Waals surface area contributed by atoms with Crippen molar-refractivity contribution in [3.8, 4) is 157 Å². The molecule has 0 amide bonds. The van der Waals surface area contributed by atoms with E-state index in [1.54, 1.807) is 0 Å². The molecule has 0 aliphatic rings. The molecule has 23 aromatic rings. The van der Waals surface area contributed by atoms with Crippen molar-refractivity contribution in [1.29, 1.82) is 0 Å². The first-order chi connectivity index (χ1) is 65.8. The van der Waals surface area contributed by atoms with Crippen LogP contribution >= 0.6 is 0 Å². The first-order valence-corrected chi connectivity index (χ1v) is 45.6. The second-order valence-corrected chi connectivity index (χ2v) is 34.5. The van der Waals surface area contributed by atoms with E-state index in [4.69, 9.17) is 54.8 Å².